The van der Waals surface area contributed by atoms with E-state index >= 15 is 0 Å². The van der Waals surface area contributed by atoms with Gasteiger partial charge in [-0.1, -0.05) is 26.0 Å². The maximum atomic E-state index is 11.7. The standard InChI is InChI=1S/C17H21N3O2/c1-3-13-5-4-6-15(9-13)22-16-8-7-14(11-19-16)20-17(21)12(2)10-18/h4-9,11-12H,3,10,18H2,1-2H3,(H,20,21). The monoisotopic (exact) mass is 299 g/mol. The summed E-state index contributed by atoms with van der Waals surface area (Å²) in [5.41, 5.74) is 7.29. The summed E-state index contributed by atoms with van der Waals surface area (Å²) in [6.07, 6.45) is 2.52. The molecule has 0 aliphatic heterocycles. The molecule has 22 heavy (non-hydrogen) atoms. The number of rotatable bonds is 6. The Labute approximate surface area is 130 Å². The largest absolute Gasteiger partial charge is 0.439 e. The van der Waals surface area contributed by atoms with Crippen LogP contribution in [0, 0.1) is 5.92 Å². The van der Waals surface area contributed by atoms with Crippen molar-refractivity contribution in [3.05, 3.63) is 48.2 Å². The molecule has 116 valence electrons. The van der Waals surface area contributed by atoms with E-state index in [4.69, 9.17) is 10.5 Å². The van der Waals surface area contributed by atoms with Gasteiger partial charge in [0.1, 0.15) is 5.75 Å². The molecule has 1 heterocycles. The van der Waals surface area contributed by atoms with Gasteiger partial charge in [0.2, 0.25) is 11.8 Å². The number of hydrogen-bond donors (Lipinski definition) is 2. The van der Waals surface area contributed by atoms with Crippen LogP contribution in [0.15, 0.2) is 42.6 Å². The van der Waals surface area contributed by atoms with Crippen molar-refractivity contribution >= 4 is 11.6 Å². The molecule has 0 spiro atoms. The van der Waals surface area contributed by atoms with Crippen molar-refractivity contribution in [1.29, 1.82) is 0 Å². The van der Waals surface area contributed by atoms with Crippen LogP contribution in [0.4, 0.5) is 5.69 Å². The van der Waals surface area contributed by atoms with Gasteiger partial charge in [-0.25, -0.2) is 4.98 Å². The van der Waals surface area contributed by atoms with Crippen molar-refractivity contribution in [2.75, 3.05) is 11.9 Å². The summed E-state index contributed by atoms with van der Waals surface area (Å²) in [5, 5.41) is 2.76. The molecule has 2 rings (SSSR count). The van der Waals surface area contributed by atoms with Crippen LogP contribution in [0.2, 0.25) is 0 Å². The molecule has 1 aromatic carbocycles. The maximum Gasteiger partial charge on any atom is 0.228 e. The summed E-state index contributed by atoms with van der Waals surface area (Å²) in [4.78, 5) is 15.9. The van der Waals surface area contributed by atoms with Crippen molar-refractivity contribution < 1.29 is 9.53 Å². The Morgan fingerprint density at radius 1 is 1.36 bits per heavy atom. The lowest BCUT2D eigenvalue weighted by Crippen LogP contribution is -2.26. The zero-order valence-corrected chi connectivity index (χ0v) is 12.9. The number of aromatic nitrogens is 1. The number of benzene rings is 1. The lowest BCUT2D eigenvalue weighted by Gasteiger charge is -2.10. The van der Waals surface area contributed by atoms with Crippen LogP contribution in [0.1, 0.15) is 19.4 Å². The lowest BCUT2D eigenvalue weighted by atomic mass is 10.1. The molecule has 1 atom stereocenters. The SMILES string of the molecule is CCc1cccc(Oc2ccc(NC(=O)C(C)CN)cn2)c1. The molecular formula is C17H21N3O2. The molecular weight excluding hydrogens is 278 g/mol. The molecule has 5 heteroatoms. The number of amides is 1. The predicted molar refractivity (Wildman–Crippen MR) is 87.0 cm³/mol. The molecule has 0 aliphatic rings. The molecule has 1 amide bonds. The topological polar surface area (TPSA) is 77.2 Å². The second-order valence-electron chi connectivity index (χ2n) is 5.11. The first-order valence-corrected chi connectivity index (χ1v) is 7.36. The minimum atomic E-state index is -0.229. The number of hydrogen-bond acceptors (Lipinski definition) is 4. The van der Waals surface area contributed by atoms with E-state index in [0.29, 0.717) is 18.1 Å². The van der Waals surface area contributed by atoms with E-state index in [1.807, 2.05) is 18.2 Å². The number of anilines is 1. The summed E-state index contributed by atoms with van der Waals surface area (Å²) in [6, 6.07) is 11.4. The Balaban J connectivity index is 2.01. The quantitative estimate of drug-likeness (QED) is 0.859. The van der Waals surface area contributed by atoms with E-state index < -0.39 is 0 Å². The van der Waals surface area contributed by atoms with Crippen molar-refractivity contribution in [2.45, 2.75) is 20.3 Å². The summed E-state index contributed by atoms with van der Waals surface area (Å²) in [5.74, 6) is 0.889. The number of pyridine rings is 1. The van der Waals surface area contributed by atoms with Crippen LogP contribution in [0.3, 0.4) is 0 Å². The first kappa shape index (κ1) is 16.0. The first-order valence-electron chi connectivity index (χ1n) is 7.36. The van der Waals surface area contributed by atoms with E-state index in [1.165, 1.54) is 5.56 Å². The summed E-state index contributed by atoms with van der Waals surface area (Å²) in [7, 11) is 0. The van der Waals surface area contributed by atoms with Gasteiger partial charge in [-0.15, -0.1) is 0 Å². The second kappa shape index (κ2) is 7.56. The second-order valence-corrected chi connectivity index (χ2v) is 5.11. The van der Waals surface area contributed by atoms with Gasteiger partial charge < -0.3 is 15.8 Å². The average Bonchev–Trinajstić information content (AvgIpc) is 2.56. The minimum absolute atomic E-state index is 0.117. The van der Waals surface area contributed by atoms with Gasteiger partial charge in [-0.3, -0.25) is 4.79 Å². The predicted octanol–water partition coefficient (Wildman–Crippen LogP) is 2.97. The number of carbonyl (C=O) groups excluding carboxylic acids is 1. The Hall–Kier alpha value is -2.40. The number of nitrogens with two attached hydrogens (primary N) is 1. The van der Waals surface area contributed by atoms with Crippen molar-refractivity contribution in [3.8, 4) is 11.6 Å². The van der Waals surface area contributed by atoms with E-state index in [-0.39, 0.29) is 11.8 Å². The molecule has 1 aromatic heterocycles. The number of aryl methyl sites for hydroxylation is 1. The highest BCUT2D eigenvalue weighted by Gasteiger charge is 2.11. The van der Waals surface area contributed by atoms with Gasteiger partial charge in [-0.2, -0.15) is 0 Å². The third-order valence-electron chi connectivity index (χ3n) is 3.33. The van der Waals surface area contributed by atoms with Gasteiger partial charge in [0.05, 0.1) is 11.9 Å². The zero-order chi connectivity index (χ0) is 15.9. The first-order chi connectivity index (χ1) is 10.6. The molecule has 0 saturated heterocycles. The summed E-state index contributed by atoms with van der Waals surface area (Å²) >= 11 is 0. The molecule has 0 bridgehead atoms. The fourth-order valence-electron chi connectivity index (χ4n) is 1.84. The fourth-order valence-corrected chi connectivity index (χ4v) is 1.84. The minimum Gasteiger partial charge on any atom is -0.439 e. The summed E-state index contributed by atoms with van der Waals surface area (Å²) in [6.45, 7) is 4.19. The van der Waals surface area contributed by atoms with Crippen LogP contribution in [0.5, 0.6) is 11.6 Å². The smallest absolute Gasteiger partial charge is 0.228 e. The third-order valence-corrected chi connectivity index (χ3v) is 3.33. The van der Waals surface area contributed by atoms with Crippen molar-refractivity contribution in [2.24, 2.45) is 11.7 Å². The highest BCUT2D eigenvalue weighted by molar-refractivity contribution is 5.92. The Bertz CT molecular complexity index is 626. The fraction of sp³-hybridized carbons (Fsp3) is 0.294. The van der Waals surface area contributed by atoms with Crippen LogP contribution >= 0.6 is 0 Å². The number of ether oxygens (including phenoxy) is 1. The van der Waals surface area contributed by atoms with Gasteiger partial charge in [0.15, 0.2) is 0 Å². The Morgan fingerprint density at radius 2 is 2.18 bits per heavy atom. The van der Waals surface area contributed by atoms with Crippen molar-refractivity contribution in [3.63, 3.8) is 0 Å². The molecule has 0 fully saturated rings. The Kier molecular flexibility index (Phi) is 5.49. The zero-order valence-electron chi connectivity index (χ0n) is 12.9. The molecule has 2 aromatic rings. The van der Waals surface area contributed by atoms with E-state index in [2.05, 4.69) is 23.3 Å². The molecule has 0 saturated carbocycles. The van der Waals surface area contributed by atoms with E-state index in [1.54, 1.807) is 25.3 Å². The number of carbonyl (C=O) groups is 1. The third kappa shape index (κ3) is 4.30. The average molecular weight is 299 g/mol. The molecule has 3 N–H and O–H groups in total. The highest BCUT2D eigenvalue weighted by Crippen LogP contribution is 2.21. The van der Waals surface area contributed by atoms with Gasteiger partial charge in [0, 0.05) is 18.5 Å². The number of nitrogens with one attached hydrogen (secondary N) is 1. The molecule has 1 unspecified atom stereocenters. The van der Waals surface area contributed by atoms with E-state index in [9.17, 15) is 4.79 Å². The lowest BCUT2D eigenvalue weighted by molar-refractivity contribution is -0.119. The van der Waals surface area contributed by atoms with Gasteiger partial charge in [0.25, 0.3) is 0 Å². The molecule has 0 radical (unpaired) electrons. The molecule has 0 aliphatic carbocycles. The Morgan fingerprint density at radius 3 is 2.82 bits per heavy atom. The van der Waals surface area contributed by atoms with Crippen molar-refractivity contribution in [1.82, 2.24) is 4.98 Å². The molecule has 5 nitrogen and oxygen atoms in total. The van der Waals surface area contributed by atoms with Crippen LogP contribution < -0.4 is 15.8 Å². The van der Waals surface area contributed by atoms with Crippen LogP contribution in [-0.2, 0) is 11.2 Å². The van der Waals surface area contributed by atoms with Crippen LogP contribution in [0.25, 0.3) is 0 Å². The summed E-state index contributed by atoms with van der Waals surface area (Å²) < 4.78 is 5.71. The van der Waals surface area contributed by atoms with Crippen LogP contribution in [-0.4, -0.2) is 17.4 Å². The normalized spacial score (nSPS) is 11.8. The number of nitrogens with zero attached hydrogens (tertiary/aromatic N) is 1. The highest BCUT2D eigenvalue weighted by atomic mass is 16.5. The van der Waals surface area contributed by atoms with E-state index in [0.717, 1.165) is 12.2 Å². The maximum absolute atomic E-state index is 11.7. The van der Waals surface area contributed by atoms with Gasteiger partial charge >= 0.3 is 0 Å². The van der Waals surface area contributed by atoms with Gasteiger partial charge in [-0.05, 0) is 30.2 Å².